The van der Waals surface area contributed by atoms with Crippen molar-refractivity contribution in [3.8, 4) is 0 Å². The van der Waals surface area contributed by atoms with Gasteiger partial charge in [-0.3, -0.25) is 9.35 Å². The fourth-order valence-electron chi connectivity index (χ4n) is 2.35. The molecule has 5 nitrogen and oxygen atoms in total. The van der Waals surface area contributed by atoms with E-state index in [2.05, 4.69) is 5.32 Å². The average molecular weight is 327 g/mol. The van der Waals surface area contributed by atoms with E-state index in [9.17, 15) is 17.8 Å². The van der Waals surface area contributed by atoms with Crippen LogP contribution >= 0.6 is 0 Å². The number of anilines is 1. The molecular formula is C17H13NO4S. The second-order valence-corrected chi connectivity index (χ2v) is 6.38. The molecule has 3 aromatic rings. The number of carbonyl (C=O) groups is 1. The zero-order valence-corrected chi connectivity index (χ0v) is 12.7. The Hall–Kier alpha value is -2.70. The Labute approximate surface area is 133 Å². The molecule has 2 N–H and O–H groups in total. The van der Waals surface area contributed by atoms with Gasteiger partial charge in [-0.25, -0.2) is 0 Å². The minimum Gasteiger partial charge on any atom is -0.322 e. The fourth-order valence-corrected chi connectivity index (χ4v) is 3.09. The predicted molar refractivity (Wildman–Crippen MR) is 88.2 cm³/mol. The van der Waals surface area contributed by atoms with Crippen LogP contribution in [0.15, 0.2) is 71.6 Å². The van der Waals surface area contributed by atoms with Crippen molar-refractivity contribution < 1.29 is 17.8 Å². The Kier molecular flexibility index (Phi) is 3.85. The Morgan fingerprint density at radius 1 is 0.913 bits per heavy atom. The molecule has 1 amide bonds. The molecule has 0 aliphatic carbocycles. The highest BCUT2D eigenvalue weighted by atomic mass is 32.2. The first-order valence-corrected chi connectivity index (χ1v) is 8.26. The van der Waals surface area contributed by atoms with Crippen molar-refractivity contribution in [3.63, 3.8) is 0 Å². The summed E-state index contributed by atoms with van der Waals surface area (Å²) in [7, 11) is -4.40. The zero-order chi connectivity index (χ0) is 16.4. The van der Waals surface area contributed by atoms with Crippen LogP contribution in [-0.2, 0) is 10.1 Å². The van der Waals surface area contributed by atoms with E-state index in [1.54, 1.807) is 60.7 Å². The standard InChI is InChI=1S/C17H13NO4S/c19-17(12-6-2-1-3-7-12)18-14-10-13-8-4-5-9-15(13)16(11-14)23(20,21)22/h1-11H,(H,18,19)(H,20,21,22). The van der Waals surface area contributed by atoms with Crippen LogP contribution in [0.4, 0.5) is 5.69 Å². The maximum Gasteiger partial charge on any atom is 0.295 e. The van der Waals surface area contributed by atoms with Gasteiger partial charge in [-0.1, -0.05) is 42.5 Å². The van der Waals surface area contributed by atoms with E-state index in [1.165, 1.54) is 6.07 Å². The lowest BCUT2D eigenvalue weighted by atomic mass is 10.1. The maximum absolute atomic E-state index is 12.2. The highest BCUT2D eigenvalue weighted by Gasteiger charge is 2.16. The molecule has 0 fully saturated rings. The first kappa shape index (κ1) is 15.2. The lowest BCUT2D eigenvalue weighted by molar-refractivity contribution is 0.102. The van der Waals surface area contributed by atoms with E-state index in [0.29, 0.717) is 22.0 Å². The van der Waals surface area contributed by atoms with Gasteiger partial charge in [0, 0.05) is 16.6 Å². The number of hydrogen-bond donors (Lipinski definition) is 2. The van der Waals surface area contributed by atoms with Crippen molar-refractivity contribution in [2.24, 2.45) is 0 Å². The van der Waals surface area contributed by atoms with Crippen LogP contribution in [0.2, 0.25) is 0 Å². The van der Waals surface area contributed by atoms with Crippen molar-refractivity contribution in [2.75, 3.05) is 5.32 Å². The molecule has 0 radical (unpaired) electrons. The van der Waals surface area contributed by atoms with Crippen molar-refractivity contribution in [1.82, 2.24) is 0 Å². The Balaban J connectivity index is 2.07. The first-order chi connectivity index (χ1) is 10.9. The smallest absolute Gasteiger partial charge is 0.295 e. The van der Waals surface area contributed by atoms with Crippen molar-refractivity contribution in [1.29, 1.82) is 0 Å². The van der Waals surface area contributed by atoms with Crippen LogP contribution in [0.25, 0.3) is 10.8 Å². The summed E-state index contributed by atoms with van der Waals surface area (Å²) in [5.41, 5.74) is 0.749. The van der Waals surface area contributed by atoms with E-state index in [1.807, 2.05) is 0 Å². The summed E-state index contributed by atoms with van der Waals surface area (Å²) in [5, 5.41) is 3.65. The molecule has 116 valence electrons. The molecule has 0 aromatic heterocycles. The minimum atomic E-state index is -4.40. The topological polar surface area (TPSA) is 83.5 Å². The molecule has 0 heterocycles. The molecule has 0 bridgehead atoms. The molecule has 0 spiro atoms. The zero-order valence-electron chi connectivity index (χ0n) is 11.9. The second kappa shape index (κ2) is 5.83. The third-order valence-electron chi connectivity index (χ3n) is 3.40. The van der Waals surface area contributed by atoms with Crippen LogP contribution in [0.5, 0.6) is 0 Å². The molecule has 23 heavy (non-hydrogen) atoms. The average Bonchev–Trinajstić information content (AvgIpc) is 2.54. The Morgan fingerprint density at radius 2 is 1.57 bits per heavy atom. The van der Waals surface area contributed by atoms with E-state index >= 15 is 0 Å². The van der Waals surface area contributed by atoms with E-state index in [0.717, 1.165) is 0 Å². The number of nitrogens with one attached hydrogen (secondary N) is 1. The van der Waals surface area contributed by atoms with Gasteiger partial charge in [0.2, 0.25) is 0 Å². The highest BCUT2D eigenvalue weighted by Crippen LogP contribution is 2.27. The molecule has 0 atom stereocenters. The number of hydrogen-bond acceptors (Lipinski definition) is 3. The number of benzene rings is 3. The van der Waals surface area contributed by atoms with Crippen LogP contribution in [0, 0.1) is 0 Å². The highest BCUT2D eigenvalue weighted by molar-refractivity contribution is 7.86. The number of rotatable bonds is 3. The summed E-state index contributed by atoms with van der Waals surface area (Å²) in [6, 6.07) is 18.2. The van der Waals surface area contributed by atoms with Crippen molar-refractivity contribution in [2.45, 2.75) is 4.90 Å². The molecule has 0 saturated carbocycles. The Bertz CT molecular complexity index is 982. The van der Waals surface area contributed by atoms with Crippen LogP contribution in [0.3, 0.4) is 0 Å². The summed E-state index contributed by atoms with van der Waals surface area (Å²) < 4.78 is 32.6. The lowest BCUT2D eigenvalue weighted by Gasteiger charge is -2.10. The fraction of sp³-hybridized carbons (Fsp3) is 0. The third kappa shape index (κ3) is 3.23. The van der Waals surface area contributed by atoms with Gasteiger partial charge in [0.15, 0.2) is 0 Å². The maximum atomic E-state index is 12.2. The molecular weight excluding hydrogens is 314 g/mol. The summed E-state index contributed by atoms with van der Waals surface area (Å²) in [6.07, 6.45) is 0. The third-order valence-corrected chi connectivity index (χ3v) is 4.29. The lowest BCUT2D eigenvalue weighted by Crippen LogP contribution is -2.12. The van der Waals surface area contributed by atoms with Crippen molar-refractivity contribution >= 4 is 32.5 Å². The van der Waals surface area contributed by atoms with Gasteiger partial charge in [-0.15, -0.1) is 0 Å². The van der Waals surface area contributed by atoms with Gasteiger partial charge < -0.3 is 5.32 Å². The quantitative estimate of drug-likeness (QED) is 0.723. The molecule has 0 saturated heterocycles. The molecule has 0 unspecified atom stereocenters. The van der Waals surface area contributed by atoms with Gasteiger partial charge in [0.05, 0.1) is 0 Å². The van der Waals surface area contributed by atoms with Gasteiger partial charge in [-0.05, 0) is 29.7 Å². The number of fused-ring (bicyclic) bond motifs is 1. The summed E-state index contributed by atoms with van der Waals surface area (Å²) >= 11 is 0. The monoisotopic (exact) mass is 327 g/mol. The summed E-state index contributed by atoms with van der Waals surface area (Å²) in [5.74, 6) is -0.359. The molecule has 3 rings (SSSR count). The van der Waals surface area contributed by atoms with Crippen molar-refractivity contribution in [3.05, 3.63) is 72.3 Å². The molecule has 0 aliphatic heterocycles. The van der Waals surface area contributed by atoms with E-state index < -0.39 is 10.1 Å². The number of amides is 1. The summed E-state index contributed by atoms with van der Waals surface area (Å²) in [6.45, 7) is 0. The van der Waals surface area contributed by atoms with E-state index in [-0.39, 0.29) is 10.8 Å². The SMILES string of the molecule is O=C(Nc1cc(S(=O)(=O)O)c2ccccc2c1)c1ccccc1. The largest absolute Gasteiger partial charge is 0.322 e. The van der Waals surface area contributed by atoms with Gasteiger partial charge in [-0.2, -0.15) is 8.42 Å². The summed E-state index contributed by atoms with van der Waals surface area (Å²) in [4.78, 5) is 12.0. The van der Waals surface area contributed by atoms with Gasteiger partial charge in [0.1, 0.15) is 4.90 Å². The first-order valence-electron chi connectivity index (χ1n) is 6.82. The van der Waals surface area contributed by atoms with Gasteiger partial charge >= 0.3 is 0 Å². The minimum absolute atomic E-state index is 0.237. The molecule has 0 aliphatic rings. The Morgan fingerprint density at radius 3 is 2.26 bits per heavy atom. The van der Waals surface area contributed by atoms with Crippen LogP contribution < -0.4 is 5.32 Å². The van der Waals surface area contributed by atoms with Crippen LogP contribution in [0.1, 0.15) is 10.4 Å². The van der Waals surface area contributed by atoms with E-state index in [4.69, 9.17) is 0 Å². The number of carbonyl (C=O) groups excluding carboxylic acids is 1. The van der Waals surface area contributed by atoms with Gasteiger partial charge in [0.25, 0.3) is 16.0 Å². The van der Waals surface area contributed by atoms with Crippen LogP contribution in [-0.4, -0.2) is 18.9 Å². The predicted octanol–water partition coefficient (Wildman–Crippen LogP) is 3.34. The normalized spacial score (nSPS) is 11.3. The molecule has 6 heteroatoms. The molecule has 3 aromatic carbocycles. The second-order valence-electron chi connectivity index (χ2n) is 4.99.